The van der Waals surface area contributed by atoms with Crippen molar-refractivity contribution < 1.29 is 14.7 Å². The van der Waals surface area contributed by atoms with E-state index in [4.69, 9.17) is 5.11 Å². The van der Waals surface area contributed by atoms with Gasteiger partial charge in [-0.3, -0.25) is 4.79 Å². The summed E-state index contributed by atoms with van der Waals surface area (Å²) in [5.74, 6) is -0.891. The van der Waals surface area contributed by atoms with E-state index in [1.807, 2.05) is 0 Å². The molecule has 1 fully saturated rings. The average molecular weight is 198 g/mol. The highest BCUT2D eigenvalue weighted by atomic mass is 16.4. The lowest BCUT2D eigenvalue weighted by Gasteiger charge is -2.34. The second kappa shape index (κ2) is 4.58. The Kier molecular flexibility index (Phi) is 3.67. The molecule has 0 bridgehead atoms. The van der Waals surface area contributed by atoms with Gasteiger partial charge in [-0.2, -0.15) is 0 Å². The van der Waals surface area contributed by atoms with E-state index in [-0.39, 0.29) is 5.92 Å². The van der Waals surface area contributed by atoms with Crippen LogP contribution < -0.4 is 0 Å². The fourth-order valence-electron chi connectivity index (χ4n) is 2.46. The monoisotopic (exact) mass is 198 g/mol. The van der Waals surface area contributed by atoms with Gasteiger partial charge in [0.2, 0.25) is 0 Å². The Morgan fingerprint density at radius 2 is 2.00 bits per heavy atom. The van der Waals surface area contributed by atoms with Gasteiger partial charge in [-0.15, -0.1) is 0 Å². The van der Waals surface area contributed by atoms with E-state index in [0.29, 0.717) is 12.7 Å². The van der Waals surface area contributed by atoms with Crippen LogP contribution in [-0.4, -0.2) is 17.4 Å². The smallest absolute Gasteiger partial charge is 0.317 e. The minimum Gasteiger partial charge on any atom is -0.480 e. The van der Waals surface area contributed by atoms with Crippen LogP contribution in [0, 0.1) is 11.3 Å². The van der Waals surface area contributed by atoms with Crippen molar-refractivity contribution in [2.45, 2.75) is 45.4 Å². The first kappa shape index (κ1) is 11.2. The molecule has 0 heterocycles. The maximum Gasteiger partial charge on any atom is 0.317 e. The highest BCUT2D eigenvalue weighted by Crippen LogP contribution is 2.39. The molecule has 1 aliphatic rings. The van der Waals surface area contributed by atoms with Gasteiger partial charge in [0.1, 0.15) is 11.7 Å². The first-order valence-electron chi connectivity index (χ1n) is 5.37. The van der Waals surface area contributed by atoms with Crippen LogP contribution in [0.5, 0.6) is 0 Å². The molecule has 0 radical (unpaired) electrons. The number of carbonyl (C=O) groups excluding carboxylic acids is 1. The van der Waals surface area contributed by atoms with E-state index < -0.39 is 11.4 Å². The summed E-state index contributed by atoms with van der Waals surface area (Å²) in [6.45, 7) is 1.79. The fraction of sp³-hybridized carbons (Fsp3) is 0.818. The van der Waals surface area contributed by atoms with Gasteiger partial charge in [0.15, 0.2) is 0 Å². The highest BCUT2D eigenvalue weighted by molar-refractivity contribution is 5.92. The van der Waals surface area contributed by atoms with Crippen LogP contribution in [0.3, 0.4) is 0 Å². The summed E-state index contributed by atoms with van der Waals surface area (Å²) in [6, 6.07) is 0. The Balaban J connectivity index is 2.84. The summed E-state index contributed by atoms with van der Waals surface area (Å²) in [5, 5.41) is 9.14. The summed E-state index contributed by atoms with van der Waals surface area (Å²) < 4.78 is 0. The number of carbonyl (C=O) groups is 2. The number of carboxylic acid groups (broad SMARTS) is 1. The van der Waals surface area contributed by atoms with Crippen LogP contribution in [-0.2, 0) is 9.59 Å². The first-order valence-corrected chi connectivity index (χ1v) is 5.37. The van der Waals surface area contributed by atoms with Gasteiger partial charge >= 0.3 is 5.97 Å². The number of hydrogen-bond acceptors (Lipinski definition) is 2. The lowest BCUT2D eigenvalue weighted by Crippen LogP contribution is -2.40. The van der Waals surface area contributed by atoms with Crippen molar-refractivity contribution in [1.82, 2.24) is 0 Å². The standard InChI is InChI=1S/C11H18O3/c1-2-11(8-12,10(13)14)9-6-4-3-5-7-9/h8-9H,2-7H2,1H3,(H,13,14). The number of carboxylic acids is 1. The van der Waals surface area contributed by atoms with E-state index in [0.717, 1.165) is 25.7 Å². The first-order chi connectivity index (χ1) is 6.67. The minimum absolute atomic E-state index is 0.0521. The van der Waals surface area contributed by atoms with Gasteiger partial charge < -0.3 is 9.90 Å². The normalized spacial score (nSPS) is 22.6. The summed E-state index contributed by atoms with van der Waals surface area (Å²) >= 11 is 0. The Morgan fingerprint density at radius 3 is 2.36 bits per heavy atom. The van der Waals surface area contributed by atoms with Crippen molar-refractivity contribution in [3.05, 3.63) is 0 Å². The Labute approximate surface area is 84.5 Å². The van der Waals surface area contributed by atoms with Gasteiger partial charge in [0.25, 0.3) is 0 Å². The highest BCUT2D eigenvalue weighted by Gasteiger charge is 2.44. The molecule has 1 unspecified atom stereocenters. The van der Waals surface area contributed by atoms with Crippen molar-refractivity contribution in [3.63, 3.8) is 0 Å². The second-order valence-electron chi connectivity index (χ2n) is 4.15. The molecule has 1 atom stereocenters. The topological polar surface area (TPSA) is 54.4 Å². The molecule has 0 aromatic rings. The SMILES string of the molecule is CCC(C=O)(C(=O)O)C1CCCCC1. The van der Waals surface area contributed by atoms with Crippen molar-refractivity contribution in [3.8, 4) is 0 Å². The molecule has 0 aromatic heterocycles. The van der Waals surface area contributed by atoms with E-state index in [2.05, 4.69) is 0 Å². The third-order valence-electron chi connectivity index (χ3n) is 3.53. The van der Waals surface area contributed by atoms with Crippen LogP contribution in [0.1, 0.15) is 45.4 Å². The summed E-state index contributed by atoms with van der Waals surface area (Å²) in [4.78, 5) is 22.2. The molecule has 0 amide bonds. The number of hydrogen-bond donors (Lipinski definition) is 1. The predicted octanol–water partition coefficient (Wildman–Crippen LogP) is 2.25. The van der Waals surface area contributed by atoms with E-state index >= 15 is 0 Å². The quantitative estimate of drug-likeness (QED) is 0.556. The van der Waals surface area contributed by atoms with Gasteiger partial charge in [0.05, 0.1) is 0 Å². The minimum atomic E-state index is -1.11. The van der Waals surface area contributed by atoms with Crippen LogP contribution in [0.25, 0.3) is 0 Å². The number of aldehydes is 1. The molecule has 3 nitrogen and oxygen atoms in total. The largest absolute Gasteiger partial charge is 0.480 e. The zero-order chi connectivity index (χ0) is 10.6. The molecule has 1 rings (SSSR count). The predicted molar refractivity (Wildman–Crippen MR) is 53.0 cm³/mol. The molecule has 1 N–H and O–H groups in total. The summed E-state index contributed by atoms with van der Waals surface area (Å²) in [5.41, 5.74) is -1.11. The second-order valence-corrected chi connectivity index (χ2v) is 4.15. The number of rotatable bonds is 4. The molecule has 0 saturated heterocycles. The zero-order valence-electron chi connectivity index (χ0n) is 8.66. The Hall–Kier alpha value is -0.860. The molecule has 0 aliphatic heterocycles. The van der Waals surface area contributed by atoms with E-state index in [9.17, 15) is 9.59 Å². The summed E-state index contributed by atoms with van der Waals surface area (Å²) in [6.07, 6.45) is 6.15. The van der Waals surface area contributed by atoms with Gasteiger partial charge in [-0.1, -0.05) is 26.2 Å². The number of aliphatic carboxylic acids is 1. The molecule has 1 saturated carbocycles. The molecule has 0 spiro atoms. The maximum absolute atomic E-state index is 11.2. The van der Waals surface area contributed by atoms with Crippen molar-refractivity contribution in [2.24, 2.45) is 11.3 Å². The Morgan fingerprint density at radius 1 is 1.43 bits per heavy atom. The molecule has 80 valence electrons. The lowest BCUT2D eigenvalue weighted by atomic mass is 9.68. The van der Waals surface area contributed by atoms with Crippen LogP contribution in [0.15, 0.2) is 0 Å². The fourth-order valence-corrected chi connectivity index (χ4v) is 2.46. The Bertz CT molecular complexity index is 219. The van der Waals surface area contributed by atoms with Gasteiger partial charge in [-0.05, 0) is 25.2 Å². The van der Waals surface area contributed by atoms with Crippen LogP contribution >= 0.6 is 0 Å². The van der Waals surface area contributed by atoms with Gasteiger partial charge in [0, 0.05) is 0 Å². The lowest BCUT2D eigenvalue weighted by molar-refractivity contribution is -0.156. The molecular weight excluding hydrogens is 180 g/mol. The van der Waals surface area contributed by atoms with Gasteiger partial charge in [-0.25, -0.2) is 0 Å². The maximum atomic E-state index is 11.2. The molecule has 1 aliphatic carbocycles. The molecule has 0 aromatic carbocycles. The van der Waals surface area contributed by atoms with Crippen molar-refractivity contribution in [2.75, 3.05) is 0 Å². The van der Waals surface area contributed by atoms with Crippen LogP contribution in [0.2, 0.25) is 0 Å². The van der Waals surface area contributed by atoms with E-state index in [1.165, 1.54) is 6.42 Å². The molecule has 3 heteroatoms. The third kappa shape index (κ3) is 1.81. The summed E-state index contributed by atoms with van der Waals surface area (Å²) in [7, 11) is 0. The average Bonchev–Trinajstić information content (AvgIpc) is 2.22. The van der Waals surface area contributed by atoms with Crippen molar-refractivity contribution in [1.29, 1.82) is 0 Å². The van der Waals surface area contributed by atoms with Crippen LogP contribution in [0.4, 0.5) is 0 Å². The van der Waals surface area contributed by atoms with E-state index in [1.54, 1.807) is 6.92 Å². The molecule has 14 heavy (non-hydrogen) atoms. The molecular formula is C11H18O3. The zero-order valence-corrected chi connectivity index (χ0v) is 8.66. The third-order valence-corrected chi connectivity index (χ3v) is 3.53. The van der Waals surface area contributed by atoms with Crippen molar-refractivity contribution >= 4 is 12.3 Å².